The highest BCUT2D eigenvalue weighted by Crippen LogP contribution is 2.15. The molecule has 1 aromatic carbocycles. The van der Waals surface area contributed by atoms with Crippen LogP contribution in [0.5, 0.6) is 0 Å². The summed E-state index contributed by atoms with van der Waals surface area (Å²) in [6, 6.07) is 7.35. The minimum absolute atomic E-state index is 0.524. The largest absolute Gasteiger partial charge is 0.355 e. The number of carbonyl (C=O) groups is 1. The van der Waals surface area contributed by atoms with Crippen molar-refractivity contribution in [1.82, 2.24) is 0 Å². The van der Waals surface area contributed by atoms with Crippen molar-refractivity contribution in [2.45, 2.75) is 0 Å². The molecular weight excluding hydrogens is 178 g/mol. The Morgan fingerprint density at radius 2 is 2.07 bits per heavy atom. The lowest BCUT2D eigenvalue weighted by Gasteiger charge is -2.07. The number of hydrogen-bond donors (Lipinski definition) is 1. The van der Waals surface area contributed by atoms with Crippen LogP contribution in [0.4, 0.5) is 5.69 Å². The molecule has 0 spiro atoms. The van der Waals surface area contributed by atoms with E-state index in [9.17, 15) is 4.79 Å². The van der Waals surface area contributed by atoms with E-state index in [2.05, 4.69) is 23.5 Å². The Bertz CT molecular complexity index is 358. The lowest BCUT2D eigenvalue weighted by Crippen LogP contribution is -2.07. The topological polar surface area (TPSA) is 38.3 Å². The first kappa shape index (κ1) is 10.1. The van der Waals surface area contributed by atoms with E-state index >= 15 is 0 Å². The van der Waals surface area contributed by atoms with Crippen LogP contribution in [-0.4, -0.2) is 5.97 Å². The minimum Gasteiger partial charge on any atom is -0.339 e. The van der Waals surface area contributed by atoms with E-state index in [1.807, 2.05) is 18.2 Å². The predicted octanol–water partition coefficient (Wildman–Crippen LogP) is 2.39. The molecule has 0 amide bonds. The van der Waals surface area contributed by atoms with Gasteiger partial charge in [0.05, 0.1) is 5.69 Å². The average Bonchev–Trinajstić information content (AvgIpc) is 2.26. The van der Waals surface area contributed by atoms with Crippen molar-refractivity contribution in [3.05, 3.63) is 49.1 Å². The smallest absolute Gasteiger partial charge is 0.339 e. The van der Waals surface area contributed by atoms with E-state index in [-0.39, 0.29) is 0 Å². The predicted molar refractivity (Wildman–Crippen MR) is 56.4 cm³/mol. The summed E-state index contributed by atoms with van der Waals surface area (Å²) in [5.74, 6) is -0.524. The SMILES string of the molecule is C=CC(=O)ONc1ccccc1C=C. The van der Waals surface area contributed by atoms with Crippen molar-refractivity contribution >= 4 is 17.7 Å². The number of hydrogen-bond acceptors (Lipinski definition) is 3. The lowest BCUT2D eigenvalue weighted by molar-refractivity contribution is -0.134. The molecule has 0 unspecified atom stereocenters. The Morgan fingerprint density at radius 1 is 1.36 bits per heavy atom. The van der Waals surface area contributed by atoms with E-state index in [1.54, 1.807) is 12.1 Å². The maximum Gasteiger partial charge on any atom is 0.355 e. The number of rotatable bonds is 4. The van der Waals surface area contributed by atoms with Gasteiger partial charge in [0, 0.05) is 11.6 Å². The Labute approximate surface area is 82.7 Å². The molecule has 1 rings (SSSR count). The molecule has 0 saturated carbocycles. The minimum atomic E-state index is -0.524. The summed E-state index contributed by atoms with van der Waals surface area (Å²) in [5, 5.41) is 0. The molecule has 0 heterocycles. The van der Waals surface area contributed by atoms with Crippen molar-refractivity contribution in [2.75, 3.05) is 5.48 Å². The van der Waals surface area contributed by atoms with E-state index in [0.717, 1.165) is 11.6 Å². The first-order valence-corrected chi connectivity index (χ1v) is 4.08. The fraction of sp³-hybridized carbons (Fsp3) is 0. The fourth-order valence-electron chi connectivity index (χ4n) is 0.915. The molecule has 14 heavy (non-hydrogen) atoms. The number of nitrogens with one attached hydrogen (secondary N) is 1. The monoisotopic (exact) mass is 189 g/mol. The second kappa shape index (κ2) is 4.87. The highest BCUT2D eigenvalue weighted by Gasteiger charge is 1.99. The molecule has 0 fully saturated rings. The van der Waals surface area contributed by atoms with Gasteiger partial charge in [-0.3, -0.25) is 0 Å². The number of anilines is 1. The maximum absolute atomic E-state index is 10.8. The van der Waals surface area contributed by atoms with Gasteiger partial charge in [-0.25, -0.2) is 10.3 Å². The average molecular weight is 189 g/mol. The molecule has 3 heteroatoms. The third-order valence-corrected chi connectivity index (χ3v) is 1.61. The molecule has 0 aliphatic heterocycles. The third kappa shape index (κ3) is 2.48. The van der Waals surface area contributed by atoms with Gasteiger partial charge in [0.25, 0.3) is 0 Å². The highest BCUT2D eigenvalue weighted by atomic mass is 16.7. The van der Waals surface area contributed by atoms with Crippen LogP contribution in [0.2, 0.25) is 0 Å². The third-order valence-electron chi connectivity index (χ3n) is 1.61. The van der Waals surface area contributed by atoms with E-state index in [0.29, 0.717) is 5.69 Å². The van der Waals surface area contributed by atoms with Crippen LogP contribution >= 0.6 is 0 Å². The van der Waals surface area contributed by atoms with Gasteiger partial charge in [-0.2, -0.15) is 0 Å². The summed E-state index contributed by atoms with van der Waals surface area (Å²) in [4.78, 5) is 15.4. The maximum atomic E-state index is 10.8. The lowest BCUT2D eigenvalue weighted by atomic mass is 10.2. The zero-order valence-corrected chi connectivity index (χ0v) is 7.69. The number of benzene rings is 1. The van der Waals surface area contributed by atoms with Gasteiger partial charge < -0.3 is 4.84 Å². The van der Waals surface area contributed by atoms with Crippen LogP contribution in [0.15, 0.2) is 43.5 Å². The zero-order chi connectivity index (χ0) is 10.4. The molecule has 0 aliphatic rings. The molecule has 72 valence electrons. The van der Waals surface area contributed by atoms with Crippen molar-refractivity contribution in [1.29, 1.82) is 0 Å². The van der Waals surface area contributed by atoms with Gasteiger partial charge in [-0.1, -0.05) is 37.4 Å². The van der Waals surface area contributed by atoms with Crippen molar-refractivity contribution in [3.63, 3.8) is 0 Å². The standard InChI is InChI=1S/C11H11NO2/c1-3-9-7-5-6-8-10(9)12-14-11(13)4-2/h3-8,12H,1-2H2. The molecular formula is C11H11NO2. The Balaban J connectivity index is 2.70. The summed E-state index contributed by atoms with van der Waals surface area (Å²) >= 11 is 0. The van der Waals surface area contributed by atoms with Crippen molar-refractivity contribution < 1.29 is 9.63 Å². The molecule has 0 radical (unpaired) electrons. The van der Waals surface area contributed by atoms with E-state index in [4.69, 9.17) is 0 Å². The molecule has 1 aromatic rings. The van der Waals surface area contributed by atoms with Crippen LogP contribution < -0.4 is 5.48 Å². The van der Waals surface area contributed by atoms with Crippen LogP contribution in [0, 0.1) is 0 Å². The molecule has 3 nitrogen and oxygen atoms in total. The Morgan fingerprint density at radius 3 is 2.71 bits per heavy atom. The van der Waals surface area contributed by atoms with Crippen molar-refractivity contribution in [3.8, 4) is 0 Å². The van der Waals surface area contributed by atoms with Gasteiger partial charge in [-0.15, -0.1) is 0 Å². The van der Waals surface area contributed by atoms with Gasteiger partial charge in [0.2, 0.25) is 0 Å². The Kier molecular flexibility index (Phi) is 3.49. The zero-order valence-electron chi connectivity index (χ0n) is 7.69. The second-order valence-corrected chi connectivity index (χ2v) is 2.52. The second-order valence-electron chi connectivity index (χ2n) is 2.52. The quantitative estimate of drug-likeness (QED) is 0.583. The first-order valence-electron chi connectivity index (χ1n) is 4.08. The van der Waals surface area contributed by atoms with E-state index in [1.165, 1.54) is 0 Å². The van der Waals surface area contributed by atoms with Crippen LogP contribution in [0.1, 0.15) is 5.56 Å². The molecule has 0 saturated heterocycles. The van der Waals surface area contributed by atoms with Crippen molar-refractivity contribution in [2.24, 2.45) is 0 Å². The van der Waals surface area contributed by atoms with Gasteiger partial charge in [0.15, 0.2) is 0 Å². The fourth-order valence-corrected chi connectivity index (χ4v) is 0.915. The van der Waals surface area contributed by atoms with Gasteiger partial charge in [0.1, 0.15) is 0 Å². The first-order chi connectivity index (χ1) is 6.77. The van der Waals surface area contributed by atoms with E-state index < -0.39 is 5.97 Å². The molecule has 0 aliphatic carbocycles. The summed E-state index contributed by atoms with van der Waals surface area (Å²) in [7, 11) is 0. The number of para-hydroxylation sites is 1. The van der Waals surface area contributed by atoms with Crippen LogP contribution in [-0.2, 0) is 9.63 Å². The molecule has 0 atom stereocenters. The molecule has 0 aromatic heterocycles. The molecule has 1 N–H and O–H groups in total. The summed E-state index contributed by atoms with van der Waals surface area (Å²) in [5.41, 5.74) is 4.08. The normalized spacial score (nSPS) is 8.86. The summed E-state index contributed by atoms with van der Waals surface area (Å²) < 4.78 is 0. The summed E-state index contributed by atoms with van der Waals surface area (Å²) in [6.07, 6.45) is 2.76. The van der Waals surface area contributed by atoms with Gasteiger partial charge >= 0.3 is 5.97 Å². The number of carbonyl (C=O) groups excluding carboxylic acids is 1. The van der Waals surface area contributed by atoms with Crippen LogP contribution in [0.25, 0.3) is 6.08 Å². The Hall–Kier alpha value is -2.03. The molecule has 0 bridgehead atoms. The summed E-state index contributed by atoms with van der Waals surface area (Å²) in [6.45, 7) is 6.92. The highest BCUT2D eigenvalue weighted by molar-refractivity contribution is 5.82. The van der Waals surface area contributed by atoms with Crippen LogP contribution in [0.3, 0.4) is 0 Å². The van der Waals surface area contributed by atoms with Gasteiger partial charge in [-0.05, 0) is 6.07 Å².